The SMILES string of the molecule is CCOc1ccc(C2/C(=C(/O)c3ccccc3)C(=O)C(=O)N2CCCCCC(=O)O)cc1. The largest absolute Gasteiger partial charge is 0.507 e. The number of ether oxygens (including phenoxy) is 1. The van der Waals surface area contributed by atoms with Crippen LogP contribution in [-0.4, -0.2) is 45.9 Å². The van der Waals surface area contributed by atoms with Crippen LogP contribution in [0.1, 0.15) is 49.8 Å². The van der Waals surface area contributed by atoms with Crippen LogP contribution in [0.15, 0.2) is 60.2 Å². The van der Waals surface area contributed by atoms with Crippen molar-refractivity contribution in [1.82, 2.24) is 4.90 Å². The fraction of sp³-hybridized carbons (Fsp3) is 0.320. The summed E-state index contributed by atoms with van der Waals surface area (Å²) < 4.78 is 5.49. The van der Waals surface area contributed by atoms with E-state index in [1.165, 1.54) is 4.90 Å². The maximum absolute atomic E-state index is 13.0. The Labute approximate surface area is 186 Å². The first-order chi connectivity index (χ1) is 15.4. The second-order valence-corrected chi connectivity index (χ2v) is 7.56. The quantitative estimate of drug-likeness (QED) is 0.250. The minimum absolute atomic E-state index is 0.0518. The first kappa shape index (κ1) is 23.1. The summed E-state index contributed by atoms with van der Waals surface area (Å²) in [6, 6.07) is 15.1. The number of aliphatic hydroxyl groups excluding tert-OH is 1. The van der Waals surface area contributed by atoms with Gasteiger partial charge in [0.05, 0.1) is 18.2 Å². The number of unbranched alkanes of at least 4 members (excludes halogenated alkanes) is 2. The molecule has 1 aliphatic rings. The number of nitrogens with zero attached hydrogens (tertiary/aromatic N) is 1. The van der Waals surface area contributed by atoms with E-state index in [1.807, 2.05) is 6.92 Å². The summed E-state index contributed by atoms with van der Waals surface area (Å²) in [5.41, 5.74) is 1.20. The summed E-state index contributed by atoms with van der Waals surface area (Å²) in [7, 11) is 0. The van der Waals surface area contributed by atoms with Gasteiger partial charge in [0.25, 0.3) is 11.7 Å². The van der Waals surface area contributed by atoms with E-state index in [0.717, 1.165) is 0 Å². The van der Waals surface area contributed by atoms with Crippen molar-refractivity contribution in [1.29, 1.82) is 0 Å². The highest BCUT2D eigenvalue weighted by atomic mass is 16.5. The number of hydrogen-bond acceptors (Lipinski definition) is 5. The summed E-state index contributed by atoms with van der Waals surface area (Å²) in [4.78, 5) is 38.0. The lowest BCUT2D eigenvalue weighted by Crippen LogP contribution is -2.30. The van der Waals surface area contributed by atoms with Gasteiger partial charge in [0.15, 0.2) is 0 Å². The Morgan fingerprint density at radius 1 is 0.969 bits per heavy atom. The number of carboxylic acids is 1. The van der Waals surface area contributed by atoms with Crippen LogP contribution in [0.2, 0.25) is 0 Å². The standard InChI is InChI=1S/C25H27NO6/c1-2-32-19-14-12-17(13-15-19)22-21(23(29)18-9-5-3-6-10-18)24(30)25(31)26(22)16-8-4-7-11-20(27)28/h3,5-6,9-10,12-15,22,29H,2,4,7-8,11,16H2,1H3,(H,27,28)/b23-21-. The van der Waals surface area contributed by atoms with Crippen LogP contribution in [0, 0.1) is 0 Å². The fourth-order valence-electron chi connectivity index (χ4n) is 3.86. The Hall–Kier alpha value is -3.61. The molecule has 1 fully saturated rings. The number of aliphatic carboxylic acids is 1. The third-order valence-corrected chi connectivity index (χ3v) is 5.38. The maximum Gasteiger partial charge on any atom is 0.303 e. The molecule has 0 aromatic heterocycles. The fourth-order valence-corrected chi connectivity index (χ4v) is 3.86. The number of Topliss-reactive ketones (excluding diaryl/α,β-unsaturated/α-hetero) is 1. The Morgan fingerprint density at radius 3 is 2.28 bits per heavy atom. The molecule has 7 nitrogen and oxygen atoms in total. The highest BCUT2D eigenvalue weighted by molar-refractivity contribution is 6.46. The summed E-state index contributed by atoms with van der Waals surface area (Å²) >= 11 is 0. The molecular weight excluding hydrogens is 410 g/mol. The van der Waals surface area contributed by atoms with Crippen LogP contribution >= 0.6 is 0 Å². The van der Waals surface area contributed by atoms with Gasteiger partial charge >= 0.3 is 5.97 Å². The van der Waals surface area contributed by atoms with Crippen LogP contribution in [0.4, 0.5) is 0 Å². The average molecular weight is 437 g/mol. The zero-order chi connectivity index (χ0) is 23.1. The van der Waals surface area contributed by atoms with Crippen molar-refractivity contribution in [2.75, 3.05) is 13.2 Å². The summed E-state index contributed by atoms with van der Waals surface area (Å²) in [6.07, 6.45) is 1.73. The minimum Gasteiger partial charge on any atom is -0.507 e. The molecule has 1 unspecified atom stereocenters. The van der Waals surface area contributed by atoms with Crippen molar-refractivity contribution in [2.24, 2.45) is 0 Å². The minimum atomic E-state index is -0.859. The van der Waals surface area contributed by atoms with Gasteiger partial charge in [-0.05, 0) is 37.5 Å². The monoisotopic (exact) mass is 437 g/mol. The highest BCUT2D eigenvalue weighted by Crippen LogP contribution is 2.40. The average Bonchev–Trinajstić information content (AvgIpc) is 3.04. The molecule has 1 heterocycles. The molecule has 7 heteroatoms. The molecule has 2 aromatic carbocycles. The molecule has 0 saturated carbocycles. The van der Waals surface area contributed by atoms with E-state index in [0.29, 0.717) is 42.7 Å². The molecule has 2 aromatic rings. The van der Waals surface area contributed by atoms with Crippen molar-refractivity contribution in [3.05, 3.63) is 71.3 Å². The van der Waals surface area contributed by atoms with Crippen LogP contribution in [0.5, 0.6) is 5.75 Å². The van der Waals surface area contributed by atoms with Crippen molar-refractivity contribution in [2.45, 2.75) is 38.6 Å². The molecule has 0 bridgehead atoms. The second-order valence-electron chi connectivity index (χ2n) is 7.56. The van der Waals surface area contributed by atoms with Gasteiger partial charge < -0.3 is 19.8 Å². The lowest BCUT2D eigenvalue weighted by molar-refractivity contribution is -0.140. The summed E-state index contributed by atoms with van der Waals surface area (Å²) in [5.74, 6) is -1.79. The van der Waals surface area contributed by atoms with E-state index in [2.05, 4.69) is 0 Å². The zero-order valence-corrected chi connectivity index (χ0v) is 18.0. The van der Waals surface area contributed by atoms with E-state index in [-0.39, 0.29) is 24.3 Å². The van der Waals surface area contributed by atoms with Crippen LogP contribution < -0.4 is 4.74 Å². The van der Waals surface area contributed by atoms with Crippen molar-refractivity contribution >= 4 is 23.4 Å². The molecule has 1 atom stereocenters. The Morgan fingerprint density at radius 2 is 1.66 bits per heavy atom. The van der Waals surface area contributed by atoms with E-state index >= 15 is 0 Å². The third-order valence-electron chi connectivity index (χ3n) is 5.38. The lowest BCUT2D eigenvalue weighted by atomic mass is 9.95. The first-order valence-electron chi connectivity index (χ1n) is 10.7. The number of ketones is 1. The number of hydrogen-bond donors (Lipinski definition) is 2. The lowest BCUT2D eigenvalue weighted by Gasteiger charge is -2.25. The topological polar surface area (TPSA) is 104 Å². The second kappa shape index (κ2) is 10.6. The predicted octanol–water partition coefficient (Wildman–Crippen LogP) is 4.15. The smallest absolute Gasteiger partial charge is 0.303 e. The van der Waals surface area contributed by atoms with Gasteiger partial charge in [-0.15, -0.1) is 0 Å². The van der Waals surface area contributed by atoms with E-state index in [1.54, 1.807) is 54.6 Å². The first-order valence-corrected chi connectivity index (χ1v) is 10.7. The number of carbonyl (C=O) groups is 3. The number of amides is 1. The van der Waals surface area contributed by atoms with Crippen molar-refractivity contribution in [3.8, 4) is 5.75 Å². The molecule has 0 aliphatic carbocycles. The molecule has 168 valence electrons. The van der Waals surface area contributed by atoms with Crippen molar-refractivity contribution in [3.63, 3.8) is 0 Å². The Kier molecular flexibility index (Phi) is 7.65. The zero-order valence-electron chi connectivity index (χ0n) is 18.0. The molecule has 3 rings (SSSR count). The van der Waals surface area contributed by atoms with E-state index < -0.39 is 23.7 Å². The molecule has 1 aliphatic heterocycles. The maximum atomic E-state index is 13.0. The molecule has 0 radical (unpaired) electrons. The number of carboxylic acid groups (broad SMARTS) is 1. The summed E-state index contributed by atoms with van der Waals surface area (Å²) in [6.45, 7) is 2.68. The van der Waals surface area contributed by atoms with Gasteiger partial charge in [0, 0.05) is 18.5 Å². The highest BCUT2D eigenvalue weighted by Gasteiger charge is 2.45. The van der Waals surface area contributed by atoms with Gasteiger partial charge in [-0.25, -0.2) is 0 Å². The summed E-state index contributed by atoms with van der Waals surface area (Å²) in [5, 5.41) is 19.8. The van der Waals surface area contributed by atoms with E-state index in [9.17, 15) is 19.5 Å². The number of aliphatic hydroxyl groups is 1. The number of likely N-dealkylation sites (tertiary alicyclic amines) is 1. The van der Waals surface area contributed by atoms with Crippen LogP contribution in [0.3, 0.4) is 0 Å². The normalized spacial score (nSPS) is 17.5. The molecule has 1 amide bonds. The number of carbonyl (C=O) groups excluding carboxylic acids is 2. The third kappa shape index (κ3) is 5.17. The van der Waals surface area contributed by atoms with Gasteiger partial charge in [-0.3, -0.25) is 14.4 Å². The van der Waals surface area contributed by atoms with Crippen LogP contribution in [0.25, 0.3) is 5.76 Å². The molecule has 0 spiro atoms. The molecular formula is C25H27NO6. The van der Waals surface area contributed by atoms with Gasteiger partial charge in [-0.2, -0.15) is 0 Å². The van der Waals surface area contributed by atoms with E-state index in [4.69, 9.17) is 9.84 Å². The predicted molar refractivity (Wildman–Crippen MR) is 119 cm³/mol. The van der Waals surface area contributed by atoms with Gasteiger partial charge in [0.2, 0.25) is 0 Å². The Balaban J connectivity index is 1.95. The van der Waals surface area contributed by atoms with Gasteiger partial charge in [-0.1, -0.05) is 48.9 Å². The number of rotatable bonds is 10. The van der Waals surface area contributed by atoms with Gasteiger partial charge in [0.1, 0.15) is 11.5 Å². The number of benzene rings is 2. The molecule has 2 N–H and O–H groups in total. The molecule has 1 saturated heterocycles. The van der Waals surface area contributed by atoms with Crippen molar-refractivity contribution < 1.29 is 29.3 Å². The van der Waals surface area contributed by atoms with Crippen LogP contribution in [-0.2, 0) is 14.4 Å². The molecule has 32 heavy (non-hydrogen) atoms. The Bertz CT molecular complexity index is 997.